The third-order valence-corrected chi connectivity index (χ3v) is 3.80. The molecule has 100 valence electrons. The van der Waals surface area contributed by atoms with Gasteiger partial charge >= 0.3 is 0 Å². The highest BCUT2D eigenvalue weighted by Gasteiger charge is 2.09. The molecule has 0 amide bonds. The Morgan fingerprint density at radius 1 is 1.16 bits per heavy atom. The number of hydrogen-bond acceptors (Lipinski definition) is 1. The van der Waals surface area contributed by atoms with Crippen LogP contribution in [-0.4, -0.2) is 6.54 Å². The van der Waals surface area contributed by atoms with E-state index < -0.39 is 0 Å². The molecule has 0 aromatic heterocycles. The number of halogens is 2. The Morgan fingerprint density at radius 2 is 1.89 bits per heavy atom. The van der Waals surface area contributed by atoms with Crippen molar-refractivity contribution in [1.29, 1.82) is 0 Å². The van der Waals surface area contributed by atoms with Crippen LogP contribution in [0.25, 0.3) is 0 Å². The fourth-order valence-electron chi connectivity index (χ4n) is 2.14. The first-order valence-electron chi connectivity index (χ1n) is 6.36. The molecule has 0 saturated heterocycles. The number of anilines is 1. The second kappa shape index (κ2) is 6.20. The van der Waals surface area contributed by atoms with Gasteiger partial charge in [0.25, 0.3) is 0 Å². The second-order valence-electron chi connectivity index (χ2n) is 4.55. The van der Waals surface area contributed by atoms with E-state index in [1.54, 1.807) is 0 Å². The highest BCUT2D eigenvalue weighted by Crippen LogP contribution is 2.23. The molecule has 1 nitrogen and oxygen atoms in total. The van der Waals surface area contributed by atoms with Gasteiger partial charge in [0, 0.05) is 18.8 Å². The minimum absolute atomic E-state index is 0.220. The Morgan fingerprint density at radius 3 is 2.53 bits per heavy atom. The molecule has 0 aliphatic heterocycles. The van der Waals surface area contributed by atoms with Gasteiger partial charge in [0.1, 0.15) is 5.82 Å². The minimum atomic E-state index is -0.220. The van der Waals surface area contributed by atoms with Crippen LogP contribution in [0.3, 0.4) is 0 Å². The lowest BCUT2D eigenvalue weighted by molar-refractivity contribution is 0.620. The minimum Gasteiger partial charge on any atom is -0.367 e. The lowest BCUT2D eigenvalue weighted by Crippen LogP contribution is -2.22. The second-order valence-corrected chi connectivity index (χ2v) is 5.40. The summed E-state index contributed by atoms with van der Waals surface area (Å²) in [6, 6.07) is 13.5. The molecular formula is C16H17BrFN. The van der Waals surface area contributed by atoms with Crippen molar-refractivity contribution in [2.45, 2.75) is 20.4 Å². The van der Waals surface area contributed by atoms with Gasteiger partial charge in [0.2, 0.25) is 0 Å². The molecular weight excluding hydrogens is 305 g/mol. The predicted molar refractivity (Wildman–Crippen MR) is 82.0 cm³/mol. The summed E-state index contributed by atoms with van der Waals surface area (Å²) in [5.74, 6) is -0.220. The Bertz CT molecular complexity index is 568. The van der Waals surface area contributed by atoms with Crippen LogP contribution in [0.5, 0.6) is 0 Å². The summed E-state index contributed by atoms with van der Waals surface area (Å²) in [5.41, 5.74) is 3.58. The van der Waals surface area contributed by atoms with Crippen LogP contribution in [0.2, 0.25) is 0 Å². The van der Waals surface area contributed by atoms with Crippen LogP contribution in [0.1, 0.15) is 18.1 Å². The summed E-state index contributed by atoms with van der Waals surface area (Å²) in [7, 11) is 0. The average Bonchev–Trinajstić information content (AvgIpc) is 2.41. The third-order valence-electron chi connectivity index (χ3n) is 3.20. The fraction of sp³-hybridized carbons (Fsp3) is 0.250. The molecule has 0 saturated carbocycles. The van der Waals surface area contributed by atoms with E-state index in [4.69, 9.17) is 0 Å². The lowest BCUT2D eigenvalue weighted by Gasteiger charge is -2.25. The van der Waals surface area contributed by atoms with Crippen LogP contribution in [0, 0.1) is 12.7 Å². The molecule has 19 heavy (non-hydrogen) atoms. The predicted octanol–water partition coefficient (Wildman–Crippen LogP) is 4.92. The van der Waals surface area contributed by atoms with E-state index in [0.29, 0.717) is 4.47 Å². The molecule has 0 heterocycles. The zero-order chi connectivity index (χ0) is 13.8. The summed E-state index contributed by atoms with van der Waals surface area (Å²) >= 11 is 3.24. The molecule has 0 unspecified atom stereocenters. The van der Waals surface area contributed by atoms with Gasteiger partial charge in [-0.15, -0.1) is 0 Å². The molecule has 0 aliphatic carbocycles. The van der Waals surface area contributed by atoms with Crippen molar-refractivity contribution in [3.63, 3.8) is 0 Å². The number of benzene rings is 2. The van der Waals surface area contributed by atoms with Crippen molar-refractivity contribution >= 4 is 21.6 Å². The third kappa shape index (κ3) is 3.35. The van der Waals surface area contributed by atoms with Gasteiger partial charge < -0.3 is 4.90 Å². The largest absolute Gasteiger partial charge is 0.367 e. The van der Waals surface area contributed by atoms with E-state index in [0.717, 1.165) is 18.7 Å². The van der Waals surface area contributed by atoms with E-state index in [-0.39, 0.29) is 5.82 Å². The summed E-state index contributed by atoms with van der Waals surface area (Å²) in [4.78, 5) is 2.29. The standard InChI is InChI=1S/C16H17BrFN/c1-3-19(16-7-5-4-6-12(16)2)11-13-8-9-15(18)14(17)10-13/h4-10H,3,11H2,1-2H3. The van der Waals surface area contributed by atoms with Gasteiger partial charge in [-0.25, -0.2) is 4.39 Å². The van der Waals surface area contributed by atoms with Gasteiger partial charge in [-0.3, -0.25) is 0 Å². The van der Waals surface area contributed by atoms with Crippen molar-refractivity contribution in [2.75, 3.05) is 11.4 Å². The molecule has 0 atom stereocenters. The molecule has 0 N–H and O–H groups in total. The monoisotopic (exact) mass is 321 g/mol. The molecule has 0 radical (unpaired) electrons. The van der Waals surface area contributed by atoms with Gasteiger partial charge in [-0.05, 0) is 59.1 Å². The van der Waals surface area contributed by atoms with Gasteiger partial charge in [-0.2, -0.15) is 0 Å². The summed E-state index contributed by atoms with van der Waals surface area (Å²) < 4.78 is 13.8. The Kier molecular flexibility index (Phi) is 4.59. The lowest BCUT2D eigenvalue weighted by atomic mass is 10.1. The molecule has 3 heteroatoms. The van der Waals surface area contributed by atoms with E-state index in [1.165, 1.54) is 17.3 Å². The van der Waals surface area contributed by atoms with Gasteiger partial charge in [0.15, 0.2) is 0 Å². The van der Waals surface area contributed by atoms with Crippen molar-refractivity contribution < 1.29 is 4.39 Å². The molecule has 0 spiro atoms. The first-order valence-corrected chi connectivity index (χ1v) is 7.15. The smallest absolute Gasteiger partial charge is 0.137 e. The van der Waals surface area contributed by atoms with Crippen molar-refractivity contribution in [3.8, 4) is 0 Å². The number of nitrogens with zero attached hydrogens (tertiary/aromatic N) is 1. The Hall–Kier alpha value is -1.35. The van der Waals surface area contributed by atoms with Crippen molar-refractivity contribution in [1.82, 2.24) is 0 Å². The van der Waals surface area contributed by atoms with Crippen LogP contribution in [-0.2, 0) is 6.54 Å². The average molecular weight is 322 g/mol. The number of rotatable bonds is 4. The number of aryl methyl sites for hydroxylation is 1. The first kappa shape index (κ1) is 14.1. The maximum atomic E-state index is 13.2. The zero-order valence-corrected chi connectivity index (χ0v) is 12.7. The van der Waals surface area contributed by atoms with Gasteiger partial charge in [-0.1, -0.05) is 24.3 Å². The highest BCUT2D eigenvalue weighted by atomic mass is 79.9. The number of hydrogen-bond donors (Lipinski definition) is 0. The normalized spacial score (nSPS) is 10.5. The molecule has 0 bridgehead atoms. The van der Waals surface area contributed by atoms with Crippen molar-refractivity contribution in [2.24, 2.45) is 0 Å². The molecule has 0 aliphatic rings. The Labute approximate surface area is 122 Å². The van der Waals surface area contributed by atoms with E-state index in [1.807, 2.05) is 24.3 Å². The molecule has 2 rings (SSSR count). The van der Waals surface area contributed by atoms with Crippen LogP contribution >= 0.6 is 15.9 Å². The zero-order valence-electron chi connectivity index (χ0n) is 11.2. The fourth-order valence-corrected chi connectivity index (χ4v) is 2.57. The molecule has 2 aromatic rings. The molecule has 0 fully saturated rings. The van der Waals surface area contributed by atoms with Crippen LogP contribution < -0.4 is 4.90 Å². The SMILES string of the molecule is CCN(Cc1ccc(F)c(Br)c1)c1ccccc1C. The van der Waals surface area contributed by atoms with Crippen molar-refractivity contribution in [3.05, 3.63) is 63.9 Å². The topological polar surface area (TPSA) is 3.24 Å². The number of para-hydroxylation sites is 1. The van der Waals surface area contributed by atoms with Gasteiger partial charge in [0.05, 0.1) is 4.47 Å². The summed E-state index contributed by atoms with van der Waals surface area (Å²) in [5, 5.41) is 0. The highest BCUT2D eigenvalue weighted by molar-refractivity contribution is 9.10. The quantitative estimate of drug-likeness (QED) is 0.772. The van der Waals surface area contributed by atoms with Crippen LogP contribution in [0.15, 0.2) is 46.9 Å². The van der Waals surface area contributed by atoms with Crippen LogP contribution in [0.4, 0.5) is 10.1 Å². The maximum absolute atomic E-state index is 13.2. The van der Waals surface area contributed by atoms with E-state index in [2.05, 4.69) is 46.8 Å². The maximum Gasteiger partial charge on any atom is 0.137 e. The van der Waals surface area contributed by atoms with E-state index in [9.17, 15) is 4.39 Å². The summed E-state index contributed by atoms with van der Waals surface area (Å²) in [6.45, 7) is 5.93. The molecule has 2 aromatic carbocycles. The Balaban J connectivity index is 2.24. The summed E-state index contributed by atoms with van der Waals surface area (Å²) in [6.07, 6.45) is 0. The first-order chi connectivity index (χ1) is 9.11. The van der Waals surface area contributed by atoms with E-state index >= 15 is 0 Å².